The monoisotopic (exact) mass is 258 g/mol. The predicted octanol–water partition coefficient (Wildman–Crippen LogP) is 2.49. The molecule has 5 heteroatoms. The molecule has 0 saturated carbocycles. The Morgan fingerprint density at radius 3 is 2.84 bits per heavy atom. The minimum atomic E-state index is 0.177. The zero-order chi connectivity index (χ0) is 13.7. The molecule has 0 fully saturated rings. The van der Waals surface area contributed by atoms with Gasteiger partial charge in [0.15, 0.2) is 0 Å². The predicted molar refractivity (Wildman–Crippen MR) is 76.7 cm³/mol. The first-order valence-electron chi connectivity index (χ1n) is 6.32. The van der Waals surface area contributed by atoms with Gasteiger partial charge in [-0.15, -0.1) is 0 Å². The maximum absolute atomic E-state index is 5.85. The highest BCUT2D eigenvalue weighted by molar-refractivity contribution is 5.74. The molecule has 2 rings (SSSR count). The molecule has 0 radical (unpaired) electrons. The van der Waals surface area contributed by atoms with E-state index in [2.05, 4.69) is 16.9 Å². The first-order valence-corrected chi connectivity index (χ1v) is 6.32. The van der Waals surface area contributed by atoms with Crippen molar-refractivity contribution in [3.8, 4) is 16.9 Å². The van der Waals surface area contributed by atoms with Gasteiger partial charge in [-0.2, -0.15) is 4.98 Å². The second-order valence-electron chi connectivity index (χ2n) is 4.26. The molecule has 19 heavy (non-hydrogen) atoms. The van der Waals surface area contributed by atoms with Crippen LogP contribution in [-0.4, -0.2) is 16.6 Å². The van der Waals surface area contributed by atoms with Crippen LogP contribution in [0.15, 0.2) is 30.5 Å². The summed E-state index contributed by atoms with van der Waals surface area (Å²) in [6.07, 6.45) is 3.78. The zero-order valence-corrected chi connectivity index (χ0v) is 11.0. The summed E-state index contributed by atoms with van der Waals surface area (Å²) in [5.41, 5.74) is 13.0. The highest BCUT2D eigenvalue weighted by Crippen LogP contribution is 2.27. The molecule has 1 aromatic heterocycles. The van der Waals surface area contributed by atoms with Crippen LogP contribution >= 0.6 is 0 Å². The Labute approximate surface area is 112 Å². The number of aromatic nitrogens is 2. The number of nitrogen functional groups attached to an aromatic ring is 2. The average Bonchev–Trinajstić information content (AvgIpc) is 2.39. The average molecular weight is 258 g/mol. The van der Waals surface area contributed by atoms with Crippen molar-refractivity contribution in [2.24, 2.45) is 0 Å². The molecular formula is C14H18N4O. The molecule has 0 unspecified atom stereocenters. The van der Waals surface area contributed by atoms with Gasteiger partial charge in [-0.25, -0.2) is 4.98 Å². The number of nitrogens with zero attached hydrogens (tertiary/aromatic N) is 2. The molecule has 0 spiro atoms. The van der Waals surface area contributed by atoms with Crippen molar-refractivity contribution in [1.82, 2.24) is 9.97 Å². The molecule has 1 heterocycles. The Kier molecular flexibility index (Phi) is 4.18. The third-order valence-corrected chi connectivity index (χ3v) is 2.75. The van der Waals surface area contributed by atoms with E-state index in [1.54, 1.807) is 6.20 Å². The molecular weight excluding hydrogens is 240 g/mol. The van der Waals surface area contributed by atoms with Crippen LogP contribution in [0.25, 0.3) is 11.1 Å². The van der Waals surface area contributed by atoms with Crippen LogP contribution in [0.2, 0.25) is 0 Å². The normalized spacial score (nSPS) is 10.4. The standard InChI is InChI=1S/C14H18N4O/c1-2-3-7-19-11-6-4-5-10(8-11)12-9-17-14(16)18-13(12)15/h4-6,8-9H,2-3,7H2,1H3,(H4,15,16,17,18). The summed E-state index contributed by atoms with van der Waals surface area (Å²) >= 11 is 0. The van der Waals surface area contributed by atoms with E-state index in [0.29, 0.717) is 12.4 Å². The third kappa shape index (κ3) is 3.34. The van der Waals surface area contributed by atoms with Gasteiger partial charge in [-0.3, -0.25) is 0 Å². The van der Waals surface area contributed by atoms with Gasteiger partial charge in [0.25, 0.3) is 0 Å². The molecule has 1 aromatic carbocycles. The second kappa shape index (κ2) is 6.04. The van der Waals surface area contributed by atoms with E-state index >= 15 is 0 Å². The van der Waals surface area contributed by atoms with E-state index in [4.69, 9.17) is 16.2 Å². The van der Waals surface area contributed by atoms with Crippen LogP contribution in [0.3, 0.4) is 0 Å². The lowest BCUT2D eigenvalue weighted by atomic mass is 10.1. The summed E-state index contributed by atoms with van der Waals surface area (Å²) < 4.78 is 5.67. The zero-order valence-electron chi connectivity index (χ0n) is 11.0. The van der Waals surface area contributed by atoms with Crippen LogP contribution in [0.1, 0.15) is 19.8 Å². The molecule has 0 amide bonds. The molecule has 0 aliphatic heterocycles. The Bertz CT molecular complexity index is 557. The van der Waals surface area contributed by atoms with Crippen molar-refractivity contribution < 1.29 is 4.74 Å². The van der Waals surface area contributed by atoms with E-state index in [1.165, 1.54) is 0 Å². The van der Waals surface area contributed by atoms with Gasteiger partial charge < -0.3 is 16.2 Å². The molecule has 0 bridgehead atoms. The molecule has 100 valence electrons. The van der Waals surface area contributed by atoms with Gasteiger partial charge in [-0.05, 0) is 24.1 Å². The van der Waals surface area contributed by atoms with Crippen molar-refractivity contribution >= 4 is 11.8 Å². The van der Waals surface area contributed by atoms with Crippen molar-refractivity contribution in [2.75, 3.05) is 18.1 Å². The number of anilines is 2. The number of hydrogen-bond donors (Lipinski definition) is 2. The number of nitrogens with two attached hydrogens (primary N) is 2. The SMILES string of the molecule is CCCCOc1cccc(-c2cnc(N)nc2N)c1. The maximum atomic E-state index is 5.85. The quantitative estimate of drug-likeness (QED) is 0.804. The first-order chi connectivity index (χ1) is 9.20. The number of hydrogen-bond acceptors (Lipinski definition) is 5. The Hall–Kier alpha value is -2.30. The van der Waals surface area contributed by atoms with Gasteiger partial charge in [0.05, 0.1) is 6.61 Å². The molecule has 0 atom stereocenters. The van der Waals surface area contributed by atoms with Crippen LogP contribution in [0.5, 0.6) is 5.75 Å². The molecule has 5 nitrogen and oxygen atoms in total. The molecule has 0 aliphatic carbocycles. The fourth-order valence-electron chi connectivity index (χ4n) is 1.72. The van der Waals surface area contributed by atoms with E-state index in [1.807, 2.05) is 24.3 Å². The Morgan fingerprint density at radius 1 is 1.26 bits per heavy atom. The fraction of sp³-hybridized carbons (Fsp3) is 0.286. The van der Waals surface area contributed by atoms with Crippen LogP contribution in [0.4, 0.5) is 11.8 Å². The van der Waals surface area contributed by atoms with Gasteiger partial charge in [-0.1, -0.05) is 25.5 Å². The number of unbranched alkanes of at least 4 members (excludes halogenated alkanes) is 1. The molecule has 0 saturated heterocycles. The number of rotatable bonds is 5. The van der Waals surface area contributed by atoms with E-state index < -0.39 is 0 Å². The summed E-state index contributed by atoms with van der Waals surface area (Å²) in [6.45, 7) is 2.85. The minimum Gasteiger partial charge on any atom is -0.494 e. The summed E-state index contributed by atoms with van der Waals surface area (Å²) in [4.78, 5) is 7.93. The lowest BCUT2D eigenvalue weighted by molar-refractivity contribution is 0.309. The molecule has 2 aromatic rings. The van der Waals surface area contributed by atoms with Crippen molar-refractivity contribution in [1.29, 1.82) is 0 Å². The fourth-order valence-corrected chi connectivity index (χ4v) is 1.72. The first kappa shape index (κ1) is 13.1. The smallest absolute Gasteiger partial charge is 0.221 e. The van der Waals surface area contributed by atoms with Crippen LogP contribution < -0.4 is 16.2 Å². The summed E-state index contributed by atoms with van der Waals surface area (Å²) in [5.74, 6) is 1.37. The molecule has 4 N–H and O–H groups in total. The highest BCUT2D eigenvalue weighted by atomic mass is 16.5. The lowest BCUT2D eigenvalue weighted by Gasteiger charge is -2.09. The van der Waals surface area contributed by atoms with Crippen LogP contribution in [0, 0.1) is 0 Å². The minimum absolute atomic E-state index is 0.177. The molecule has 0 aliphatic rings. The third-order valence-electron chi connectivity index (χ3n) is 2.75. The van der Waals surface area contributed by atoms with E-state index in [0.717, 1.165) is 29.7 Å². The summed E-state index contributed by atoms with van der Waals surface area (Å²) in [6, 6.07) is 7.72. The van der Waals surface area contributed by atoms with Crippen molar-refractivity contribution in [3.05, 3.63) is 30.5 Å². The Balaban J connectivity index is 2.22. The summed E-state index contributed by atoms with van der Waals surface area (Å²) in [7, 11) is 0. The maximum Gasteiger partial charge on any atom is 0.221 e. The van der Waals surface area contributed by atoms with E-state index in [-0.39, 0.29) is 5.95 Å². The van der Waals surface area contributed by atoms with Crippen molar-refractivity contribution in [3.63, 3.8) is 0 Å². The number of benzene rings is 1. The van der Waals surface area contributed by atoms with Gasteiger partial charge in [0.2, 0.25) is 5.95 Å². The van der Waals surface area contributed by atoms with E-state index in [9.17, 15) is 0 Å². The van der Waals surface area contributed by atoms with Gasteiger partial charge in [0.1, 0.15) is 11.6 Å². The Morgan fingerprint density at radius 2 is 2.11 bits per heavy atom. The van der Waals surface area contributed by atoms with Gasteiger partial charge >= 0.3 is 0 Å². The second-order valence-corrected chi connectivity index (χ2v) is 4.26. The lowest BCUT2D eigenvalue weighted by Crippen LogP contribution is -2.01. The summed E-state index contributed by atoms with van der Waals surface area (Å²) in [5, 5.41) is 0. The highest BCUT2D eigenvalue weighted by Gasteiger charge is 2.06. The van der Waals surface area contributed by atoms with Crippen molar-refractivity contribution in [2.45, 2.75) is 19.8 Å². The topological polar surface area (TPSA) is 87.0 Å². The largest absolute Gasteiger partial charge is 0.494 e. The number of ether oxygens (including phenoxy) is 1. The van der Waals surface area contributed by atoms with Gasteiger partial charge in [0, 0.05) is 11.8 Å². The van der Waals surface area contributed by atoms with Crippen LogP contribution in [-0.2, 0) is 0 Å².